The van der Waals surface area contributed by atoms with E-state index >= 15 is 0 Å². The third kappa shape index (κ3) is 3.66. The topological polar surface area (TPSA) is 53.7 Å². The summed E-state index contributed by atoms with van der Waals surface area (Å²) in [4.78, 5) is 0. The van der Waals surface area contributed by atoms with E-state index in [1.54, 1.807) is 14.2 Å². The Morgan fingerprint density at radius 3 is 1.86 bits per heavy atom. The molecule has 1 atom stereocenters. The summed E-state index contributed by atoms with van der Waals surface area (Å²) in [6, 6.07) is 0. The van der Waals surface area contributed by atoms with Crippen molar-refractivity contribution in [3.8, 4) is 0 Å². The maximum Gasteiger partial charge on any atom is 0.518 e. The Morgan fingerprint density at radius 2 is 1.64 bits per heavy atom. The fourth-order valence-corrected chi connectivity index (χ4v) is 3.67. The Hall–Kier alpha value is 0.0569. The largest absolute Gasteiger partial charge is 0.518 e. The van der Waals surface area contributed by atoms with Gasteiger partial charge in [-0.3, -0.25) is 0 Å². The molecule has 0 aliphatic rings. The second kappa shape index (κ2) is 5.23. The second-order valence-corrected chi connectivity index (χ2v) is 7.21. The zero-order valence-corrected chi connectivity index (χ0v) is 11.1. The van der Waals surface area contributed by atoms with Crippen LogP contribution in [0.5, 0.6) is 0 Å². The van der Waals surface area contributed by atoms with Crippen LogP contribution in [0.3, 0.4) is 0 Å². The van der Waals surface area contributed by atoms with Crippen molar-refractivity contribution in [1.82, 2.24) is 0 Å². The highest BCUT2D eigenvalue weighted by Crippen LogP contribution is 2.21. The molecule has 0 amide bonds. The van der Waals surface area contributed by atoms with Gasteiger partial charge in [0.15, 0.2) is 0 Å². The molecule has 2 N–H and O–H groups in total. The molecular weight excluding hydrogens is 198 g/mol. The highest BCUT2D eigenvalue weighted by Gasteiger charge is 2.48. The third-order valence-electron chi connectivity index (χ3n) is 1.91. The third-order valence-corrected chi connectivity index (χ3v) is 5.26. The lowest BCUT2D eigenvalue weighted by molar-refractivity contribution is 0.00974. The van der Waals surface area contributed by atoms with Gasteiger partial charge in [-0.15, -0.1) is 0 Å². The average Bonchev–Trinajstić information content (AvgIpc) is 2.11. The summed E-state index contributed by atoms with van der Waals surface area (Å²) in [5.41, 5.74) is 5.50. The van der Waals surface area contributed by atoms with Gasteiger partial charge < -0.3 is 19.0 Å². The van der Waals surface area contributed by atoms with Crippen LogP contribution in [0.2, 0.25) is 0 Å². The van der Waals surface area contributed by atoms with Crippen molar-refractivity contribution in [3.05, 3.63) is 0 Å². The van der Waals surface area contributed by atoms with Crippen LogP contribution in [0.1, 0.15) is 34.1 Å². The van der Waals surface area contributed by atoms with Crippen LogP contribution < -0.4 is 5.73 Å². The first-order valence-electron chi connectivity index (χ1n) is 4.87. The van der Waals surface area contributed by atoms with Gasteiger partial charge in [0, 0.05) is 14.2 Å². The minimum Gasteiger partial charge on any atom is -0.376 e. The first-order valence-corrected chi connectivity index (χ1v) is 6.67. The van der Waals surface area contributed by atoms with Gasteiger partial charge in [0.25, 0.3) is 0 Å². The quantitative estimate of drug-likeness (QED) is 0.711. The van der Waals surface area contributed by atoms with E-state index in [1.807, 2.05) is 27.7 Å². The monoisotopic (exact) mass is 221 g/mol. The van der Waals surface area contributed by atoms with Crippen molar-refractivity contribution in [3.63, 3.8) is 0 Å². The Kier molecular flexibility index (Phi) is 5.25. The summed E-state index contributed by atoms with van der Waals surface area (Å²) in [6.07, 6.45) is 0.782. The Morgan fingerprint density at radius 1 is 1.21 bits per heavy atom. The van der Waals surface area contributed by atoms with Crippen LogP contribution >= 0.6 is 0 Å². The summed E-state index contributed by atoms with van der Waals surface area (Å²) >= 11 is 0. The number of nitrogens with two attached hydrogens (primary N) is 1. The lowest BCUT2D eigenvalue weighted by atomic mass is 10.2. The molecule has 0 aromatic carbocycles. The molecule has 0 saturated heterocycles. The van der Waals surface area contributed by atoms with E-state index in [9.17, 15) is 0 Å². The molecule has 0 rings (SSSR count). The van der Waals surface area contributed by atoms with E-state index in [2.05, 4.69) is 0 Å². The zero-order valence-electron chi connectivity index (χ0n) is 10.1. The van der Waals surface area contributed by atoms with E-state index in [4.69, 9.17) is 19.0 Å². The first-order chi connectivity index (χ1) is 6.31. The molecule has 5 heteroatoms. The molecule has 0 aliphatic carbocycles. The highest BCUT2D eigenvalue weighted by atomic mass is 28.4. The van der Waals surface area contributed by atoms with Crippen molar-refractivity contribution >= 4 is 8.80 Å². The van der Waals surface area contributed by atoms with E-state index in [-0.39, 0.29) is 11.3 Å². The SMILES string of the molecule is CCC(N)[Si](OC)(OC)OC(C)(C)C. The standard InChI is InChI=1S/C9H23NO3Si/c1-7-8(10)14(11-5,12-6)13-9(2,3)4/h8H,7,10H2,1-6H3. The van der Waals surface area contributed by atoms with Crippen LogP contribution in [-0.2, 0) is 13.3 Å². The molecule has 0 aliphatic heterocycles. The predicted octanol–water partition coefficient (Wildman–Crippen LogP) is 1.31. The fraction of sp³-hybridized carbons (Fsp3) is 1.00. The van der Waals surface area contributed by atoms with Crippen molar-refractivity contribution in [1.29, 1.82) is 0 Å². The Labute approximate surface area is 88.1 Å². The van der Waals surface area contributed by atoms with Gasteiger partial charge in [-0.2, -0.15) is 0 Å². The van der Waals surface area contributed by atoms with Gasteiger partial charge in [-0.1, -0.05) is 6.92 Å². The molecule has 0 spiro atoms. The molecule has 0 saturated carbocycles. The van der Waals surface area contributed by atoms with Gasteiger partial charge in [0.05, 0.1) is 11.3 Å². The summed E-state index contributed by atoms with van der Waals surface area (Å²) in [5, 5.41) is 0. The number of hydrogen-bond acceptors (Lipinski definition) is 4. The van der Waals surface area contributed by atoms with E-state index in [0.717, 1.165) is 6.42 Å². The van der Waals surface area contributed by atoms with Crippen LogP contribution in [0.4, 0.5) is 0 Å². The Bertz CT molecular complexity index is 166. The van der Waals surface area contributed by atoms with Gasteiger partial charge in [-0.05, 0) is 27.2 Å². The molecule has 0 bridgehead atoms. The van der Waals surface area contributed by atoms with Crippen LogP contribution in [0, 0.1) is 0 Å². The van der Waals surface area contributed by atoms with Gasteiger partial charge in [0.1, 0.15) is 0 Å². The minimum atomic E-state index is -2.70. The van der Waals surface area contributed by atoms with Crippen LogP contribution in [0.25, 0.3) is 0 Å². The second-order valence-electron chi connectivity index (χ2n) is 4.24. The fourth-order valence-electron chi connectivity index (χ4n) is 1.22. The first kappa shape index (κ1) is 14.1. The lowest BCUT2D eigenvalue weighted by Gasteiger charge is -2.36. The van der Waals surface area contributed by atoms with E-state index < -0.39 is 8.80 Å². The maximum absolute atomic E-state index is 5.97. The molecule has 0 aromatic heterocycles. The van der Waals surface area contributed by atoms with Crippen molar-refractivity contribution < 1.29 is 13.3 Å². The van der Waals surface area contributed by atoms with E-state index in [1.165, 1.54) is 0 Å². The zero-order chi connectivity index (χ0) is 11.4. The average molecular weight is 221 g/mol. The summed E-state index contributed by atoms with van der Waals surface area (Å²) in [5.74, 6) is 0. The van der Waals surface area contributed by atoms with E-state index in [0.29, 0.717) is 0 Å². The molecule has 14 heavy (non-hydrogen) atoms. The summed E-state index contributed by atoms with van der Waals surface area (Å²) in [6.45, 7) is 7.90. The normalized spacial score (nSPS) is 15.6. The Balaban J connectivity index is 4.70. The molecule has 86 valence electrons. The summed E-state index contributed by atoms with van der Waals surface area (Å²) < 4.78 is 16.6. The van der Waals surface area contributed by atoms with Gasteiger partial charge in [-0.25, -0.2) is 0 Å². The molecule has 0 aromatic rings. The van der Waals surface area contributed by atoms with Gasteiger partial charge in [0.2, 0.25) is 0 Å². The molecule has 4 nitrogen and oxygen atoms in total. The highest BCUT2D eigenvalue weighted by molar-refractivity contribution is 6.62. The molecule has 0 fully saturated rings. The summed E-state index contributed by atoms with van der Waals surface area (Å²) in [7, 11) is 0.484. The number of rotatable bonds is 5. The predicted molar refractivity (Wildman–Crippen MR) is 58.9 cm³/mol. The van der Waals surface area contributed by atoms with Crippen molar-refractivity contribution in [2.75, 3.05) is 14.2 Å². The van der Waals surface area contributed by atoms with Crippen molar-refractivity contribution in [2.45, 2.75) is 45.4 Å². The van der Waals surface area contributed by atoms with Crippen LogP contribution in [0.15, 0.2) is 0 Å². The lowest BCUT2D eigenvalue weighted by Crippen LogP contribution is -2.61. The molecular formula is C9H23NO3Si. The minimum absolute atomic E-state index is 0.170. The maximum atomic E-state index is 5.97. The number of hydrogen-bond donors (Lipinski definition) is 1. The van der Waals surface area contributed by atoms with Gasteiger partial charge >= 0.3 is 8.80 Å². The smallest absolute Gasteiger partial charge is 0.376 e. The molecule has 0 heterocycles. The molecule has 0 radical (unpaired) electrons. The van der Waals surface area contributed by atoms with Crippen molar-refractivity contribution in [2.24, 2.45) is 5.73 Å². The van der Waals surface area contributed by atoms with Crippen LogP contribution in [-0.4, -0.2) is 34.3 Å². The molecule has 1 unspecified atom stereocenters.